The van der Waals surface area contributed by atoms with Crippen LogP contribution in [-0.4, -0.2) is 24.3 Å². The molecule has 1 aromatic heterocycles. The van der Waals surface area contributed by atoms with Gasteiger partial charge in [-0.05, 0) is 54.8 Å². The Balaban J connectivity index is 1.51. The smallest absolute Gasteiger partial charge is 0.323 e. The molecule has 0 radical (unpaired) electrons. The van der Waals surface area contributed by atoms with Gasteiger partial charge >= 0.3 is 5.69 Å². The summed E-state index contributed by atoms with van der Waals surface area (Å²) in [6.45, 7) is 0. The Morgan fingerprint density at radius 1 is 0.929 bits per heavy atom. The highest BCUT2D eigenvalue weighted by molar-refractivity contribution is 7.92. The molecule has 1 aliphatic heterocycles. The summed E-state index contributed by atoms with van der Waals surface area (Å²) in [7, 11) is -3.85. The SMILES string of the molecule is O=C1Nc2ccc(NS(=O)(=O)c3ccc4[nH]c(=O)[nH]c4c3)cc2C12CCCC2. The zero-order valence-corrected chi connectivity index (χ0v) is 15.7. The van der Waals surface area contributed by atoms with Crippen LogP contribution in [0.25, 0.3) is 11.0 Å². The first kappa shape index (κ1) is 17.1. The van der Waals surface area contributed by atoms with Crippen LogP contribution in [0.2, 0.25) is 0 Å². The van der Waals surface area contributed by atoms with E-state index >= 15 is 0 Å². The highest BCUT2D eigenvalue weighted by Gasteiger charge is 2.48. The van der Waals surface area contributed by atoms with Crippen LogP contribution in [0, 0.1) is 0 Å². The summed E-state index contributed by atoms with van der Waals surface area (Å²) in [6, 6.07) is 9.53. The Morgan fingerprint density at radius 2 is 1.68 bits per heavy atom. The highest BCUT2D eigenvalue weighted by atomic mass is 32.2. The lowest BCUT2D eigenvalue weighted by Gasteiger charge is -2.21. The summed E-state index contributed by atoms with van der Waals surface area (Å²) in [5, 5.41) is 2.92. The van der Waals surface area contributed by atoms with Gasteiger partial charge in [-0.2, -0.15) is 0 Å². The van der Waals surface area contributed by atoms with Gasteiger partial charge in [0.15, 0.2) is 0 Å². The van der Waals surface area contributed by atoms with Crippen LogP contribution in [0.15, 0.2) is 46.1 Å². The normalized spacial score (nSPS) is 17.8. The average molecular weight is 398 g/mol. The number of carbonyl (C=O) groups excluding carboxylic acids is 1. The molecule has 28 heavy (non-hydrogen) atoms. The number of fused-ring (bicyclic) bond motifs is 3. The van der Waals surface area contributed by atoms with Gasteiger partial charge < -0.3 is 15.3 Å². The second-order valence-electron chi connectivity index (χ2n) is 7.40. The van der Waals surface area contributed by atoms with Crippen molar-refractivity contribution in [3.63, 3.8) is 0 Å². The van der Waals surface area contributed by atoms with Crippen LogP contribution in [0.1, 0.15) is 31.2 Å². The molecule has 2 aliphatic rings. The summed E-state index contributed by atoms with van der Waals surface area (Å²) in [6.07, 6.45) is 3.52. The summed E-state index contributed by atoms with van der Waals surface area (Å²) < 4.78 is 28.3. The number of carbonyl (C=O) groups is 1. The van der Waals surface area contributed by atoms with E-state index in [1.165, 1.54) is 12.1 Å². The number of amides is 1. The van der Waals surface area contributed by atoms with Crippen LogP contribution >= 0.6 is 0 Å². The van der Waals surface area contributed by atoms with Gasteiger partial charge in [0.05, 0.1) is 21.3 Å². The van der Waals surface area contributed by atoms with Crippen LogP contribution in [0.4, 0.5) is 11.4 Å². The topological polar surface area (TPSA) is 124 Å². The van der Waals surface area contributed by atoms with Gasteiger partial charge in [-0.3, -0.25) is 9.52 Å². The molecule has 3 aromatic rings. The van der Waals surface area contributed by atoms with Gasteiger partial charge in [0.2, 0.25) is 5.91 Å². The third-order valence-corrected chi connectivity index (χ3v) is 7.10. The maximum Gasteiger partial charge on any atom is 0.323 e. The second kappa shape index (κ2) is 5.71. The molecule has 0 bridgehead atoms. The molecular formula is C19H18N4O4S. The first-order valence-electron chi connectivity index (χ1n) is 9.08. The molecule has 0 saturated heterocycles. The number of hydrogen-bond acceptors (Lipinski definition) is 4. The number of benzene rings is 2. The largest absolute Gasteiger partial charge is 0.325 e. The van der Waals surface area contributed by atoms with Gasteiger partial charge in [0.25, 0.3) is 10.0 Å². The van der Waals surface area contributed by atoms with Gasteiger partial charge in [0, 0.05) is 11.4 Å². The zero-order chi connectivity index (χ0) is 19.5. The second-order valence-corrected chi connectivity index (χ2v) is 9.08. The van der Waals surface area contributed by atoms with E-state index in [2.05, 4.69) is 20.0 Å². The molecule has 144 valence electrons. The molecule has 1 saturated carbocycles. The minimum Gasteiger partial charge on any atom is -0.325 e. The number of imidazole rings is 1. The van der Waals surface area contributed by atoms with E-state index < -0.39 is 21.1 Å². The Hall–Kier alpha value is -3.07. The fourth-order valence-corrected chi connectivity index (χ4v) is 5.42. The minimum absolute atomic E-state index is 0.00173. The zero-order valence-electron chi connectivity index (χ0n) is 14.8. The number of anilines is 2. The van der Waals surface area contributed by atoms with Crippen molar-refractivity contribution in [1.82, 2.24) is 9.97 Å². The van der Waals surface area contributed by atoms with E-state index in [9.17, 15) is 18.0 Å². The average Bonchev–Trinajstić information content (AvgIpc) is 3.34. The number of rotatable bonds is 3. The summed E-state index contributed by atoms with van der Waals surface area (Å²) in [4.78, 5) is 29.1. The highest BCUT2D eigenvalue weighted by Crippen LogP contribution is 2.49. The first-order valence-corrected chi connectivity index (χ1v) is 10.6. The van der Waals surface area contributed by atoms with Gasteiger partial charge in [-0.1, -0.05) is 12.8 Å². The van der Waals surface area contributed by atoms with Crippen molar-refractivity contribution < 1.29 is 13.2 Å². The number of aromatic amines is 2. The maximum atomic E-state index is 12.8. The molecule has 0 unspecified atom stereocenters. The Bertz CT molecular complexity index is 1280. The lowest BCUT2D eigenvalue weighted by molar-refractivity contribution is -0.120. The number of nitrogens with one attached hydrogen (secondary N) is 4. The van der Waals surface area contributed by atoms with E-state index in [0.29, 0.717) is 16.7 Å². The predicted octanol–water partition coefficient (Wildman–Crippen LogP) is 2.42. The molecule has 1 aliphatic carbocycles. The molecule has 9 heteroatoms. The molecule has 2 aromatic carbocycles. The first-order chi connectivity index (χ1) is 13.4. The van der Waals surface area contributed by atoms with E-state index in [0.717, 1.165) is 36.9 Å². The fraction of sp³-hybridized carbons (Fsp3) is 0.263. The van der Waals surface area contributed by atoms with Crippen molar-refractivity contribution in [2.75, 3.05) is 10.0 Å². The number of H-pyrrole nitrogens is 2. The monoisotopic (exact) mass is 398 g/mol. The van der Waals surface area contributed by atoms with Gasteiger partial charge in [0.1, 0.15) is 0 Å². The minimum atomic E-state index is -3.85. The number of aromatic nitrogens is 2. The maximum absolute atomic E-state index is 12.8. The molecule has 1 fully saturated rings. The van der Waals surface area contributed by atoms with Crippen LogP contribution in [-0.2, 0) is 20.2 Å². The standard InChI is InChI=1S/C19H18N4O4S/c24-17-19(7-1-2-8-19)13-9-11(3-5-14(13)20-17)23-28(26,27)12-4-6-15-16(10-12)22-18(25)21-15/h3-6,9-10,23H,1-2,7-8H2,(H,20,24)(H2,21,22,25). The molecule has 1 amide bonds. The van der Waals surface area contributed by atoms with Crippen LogP contribution < -0.4 is 15.7 Å². The lowest BCUT2D eigenvalue weighted by atomic mass is 9.80. The third-order valence-electron chi connectivity index (χ3n) is 5.73. The van der Waals surface area contributed by atoms with Crippen molar-refractivity contribution in [2.24, 2.45) is 0 Å². The van der Waals surface area contributed by atoms with Crippen molar-refractivity contribution in [1.29, 1.82) is 0 Å². The van der Waals surface area contributed by atoms with Crippen molar-refractivity contribution >= 4 is 38.3 Å². The molecule has 5 rings (SSSR count). The van der Waals surface area contributed by atoms with Crippen molar-refractivity contribution in [2.45, 2.75) is 36.0 Å². The van der Waals surface area contributed by atoms with E-state index in [-0.39, 0.29) is 10.8 Å². The van der Waals surface area contributed by atoms with E-state index in [1.54, 1.807) is 24.3 Å². The molecule has 8 nitrogen and oxygen atoms in total. The van der Waals surface area contributed by atoms with Crippen LogP contribution in [0.5, 0.6) is 0 Å². The van der Waals surface area contributed by atoms with Crippen molar-refractivity contribution in [3.8, 4) is 0 Å². The number of hydrogen-bond donors (Lipinski definition) is 4. The quantitative estimate of drug-likeness (QED) is 0.541. The lowest BCUT2D eigenvalue weighted by Crippen LogP contribution is -2.31. The van der Waals surface area contributed by atoms with Crippen LogP contribution in [0.3, 0.4) is 0 Å². The fourth-order valence-electron chi connectivity index (χ4n) is 4.34. The molecule has 4 N–H and O–H groups in total. The Labute approximate surface area is 160 Å². The molecule has 0 atom stereocenters. The Kier molecular flexibility index (Phi) is 3.48. The summed E-state index contributed by atoms with van der Waals surface area (Å²) in [5.41, 5.74) is 2.04. The summed E-state index contributed by atoms with van der Waals surface area (Å²) in [5.74, 6) is 0.00173. The summed E-state index contributed by atoms with van der Waals surface area (Å²) >= 11 is 0. The van der Waals surface area contributed by atoms with Gasteiger partial charge in [-0.25, -0.2) is 13.2 Å². The molecule has 1 spiro atoms. The van der Waals surface area contributed by atoms with Crippen molar-refractivity contribution in [3.05, 3.63) is 52.4 Å². The molecule has 2 heterocycles. The predicted molar refractivity (Wildman–Crippen MR) is 105 cm³/mol. The third kappa shape index (κ3) is 2.46. The van der Waals surface area contributed by atoms with Gasteiger partial charge in [-0.15, -0.1) is 0 Å². The number of sulfonamides is 1. The van der Waals surface area contributed by atoms with E-state index in [1.807, 2.05) is 0 Å². The molecular weight excluding hydrogens is 380 g/mol. The Morgan fingerprint density at radius 3 is 2.46 bits per heavy atom. The van der Waals surface area contributed by atoms with E-state index in [4.69, 9.17) is 0 Å².